The van der Waals surface area contributed by atoms with Gasteiger partial charge in [-0.2, -0.15) is 0 Å². The van der Waals surface area contributed by atoms with Gasteiger partial charge in [0.15, 0.2) is 0 Å². The van der Waals surface area contributed by atoms with Crippen molar-refractivity contribution in [1.29, 1.82) is 0 Å². The van der Waals surface area contributed by atoms with E-state index in [4.69, 9.17) is 30.5 Å². The van der Waals surface area contributed by atoms with Crippen LogP contribution in [-0.2, 0) is 41.2 Å². The van der Waals surface area contributed by atoms with Gasteiger partial charge in [0.2, 0.25) is 10.0 Å². The van der Waals surface area contributed by atoms with Crippen LogP contribution in [0, 0.1) is 0 Å². The summed E-state index contributed by atoms with van der Waals surface area (Å²) in [5.41, 5.74) is 2.42. The van der Waals surface area contributed by atoms with E-state index in [9.17, 15) is 18.0 Å². The van der Waals surface area contributed by atoms with Crippen molar-refractivity contribution in [2.75, 3.05) is 13.7 Å². The van der Waals surface area contributed by atoms with Crippen LogP contribution in [0.1, 0.15) is 76.8 Å². The predicted octanol–water partition coefficient (Wildman–Crippen LogP) is 6.66. The summed E-state index contributed by atoms with van der Waals surface area (Å²) >= 11 is 6.59. The lowest BCUT2D eigenvalue weighted by molar-refractivity contribution is -0.143. The Bertz CT molecular complexity index is 1750. The van der Waals surface area contributed by atoms with Crippen molar-refractivity contribution in [2.24, 2.45) is 0 Å². The third kappa shape index (κ3) is 9.94. The number of pyridine rings is 1. The van der Waals surface area contributed by atoms with Crippen molar-refractivity contribution in [2.45, 2.75) is 101 Å². The van der Waals surface area contributed by atoms with Gasteiger partial charge in [0.1, 0.15) is 17.4 Å². The highest BCUT2D eigenvalue weighted by Gasteiger charge is 2.48. The minimum Gasteiger partial charge on any atom is -0.490 e. The molecule has 2 aliphatic carbocycles. The molecule has 11 nitrogen and oxygen atoms in total. The summed E-state index contributed by atoms with van der Waals surface area (Å²) in [7, 11) is -2.62. The summed E-state index contributed by atoms with van der Waals surface area (Å²) in [6, 6.07) is 13.7. The van der Waals surface area contributed by atoms with E-state index in [1.165, 1.54) is 19.2 Å². The fourth-order valence-electron chi connectivity index (χ4n) is 5.39. The Hall–Kier alpha value is -3.71. The SMILES string of the molecule is COC(=O)[C@H](CCCCNS(=O)(=O)c1ccc(COC2(c3cnccc3-c3ccccc3OC3CC3)CC2)c(Cl)c1)NC(=O)OC(C)(C)C. The molecule has 0 saturated heterocycles. The Morgan fingerprint density at radius 2 is 1.82 bits per heavy atom. The van der Waals surface area contributed by atoms with Crippen molar-refractivity contribution in [3.63, 3.8) is 0 Å². The molecule has 0 aliphatic heterocycles. The van der Waals surface area contributed by atoms with Crippen molar-refractivity contribution in [3.05, 3.63) is 77.1 Å². The Morgan fingerprint density at radius 1 is 1.06 bits per heavy atom. The summed E-state index contributed by atoms with van der Waals surface area (Å²) in [5, 5.41) is 2.79. The molecule has 2 aliphatic rings. The topological polar surface area (TPSA) is 142 Å². The average Bonchev–Trinajstić information content (AvgIpc) is 4.00. The fraction of sp³-hybridized carbons (Fsp3) is 0.472. The van der Waals surface area contributed by atoms with Crippen LogP contribution >= 0.6 is 11.6 Å². The highest BCUT2D eigenvalue weighted by Crippen LogP contribution is 2.53. The van der Waals surface area contributed by atoms with Gasteiger partial charge in [-0.05, 0) is 101 Å². The van der Waals surface area contributed by atoms with Gasteiger partial charge in [0.25, 0.3) is 0 Å². The number of benzene rings is 2. The van der Waals surface area contributed by atoms with Crippen LogP contribution in [0.25, 0.3) is 11.1 Å². The summed E-state index contributed by atoms with van der Waals surface area (Å²) in [5.74, 6) is 0.240. The minimum absolute atomic E-state index is 0.0308. The summed E-state index contributed by atoms with van der Waals surface area (Å²) in [4.78, 5) is 28.7. The molecule has 0 spiro atoms. The molecule has 264 valence electrons. The van der Waals surface area contributed by atoms with E-state index in [2.05, 4.69) is 21.1 Å². The molecule has 2 fully saturated rings. The summed E-state index contributed by atoms with van der Waals surface area (Å²) < 4.78 is 51.4. The van der Waals surface area contributed by atoms with Crippen LogP contribution in [0.2, 0.25) is 5.02 Å². The number of carbonyl (C=O) groups is 2. The van der Waals surface area contributed by atoms with E-state index >= 15 is 0 Å². The van der Waals surface area contributed by atoms with Crippen LogP contribution in [-0.4, -0.2) is 56.9 Å². The molecule has 2 aromatic carbocycles. The number of ether oxygens (including phenoxy) is 4. The van der Waals surface area contributed by atoms with Gasteiger partial charge in [-0.3, -0.25) is 4.98 Å². The van der Waals surface area contributed by atoms with Gasteiger partial charge >= 0.3 is 12.1 Å². The number of hydrogen-bond donors (Lipinski definition) is 2. The second-order valence-electron chi connectivity index (χ2n) is 13.4. The first-order chi connectivity index (χ1) is 23.3. The number of halogens is 1. The zero-order chi connectivity index (χ0) is 35.2. The lowest BCUT2D eigenvalue weighted by Crippen LogP contribution is -2.44. The largest absolute Gasteiger partial charge is 0.490 e. The van der Waals surface area contributed by atoms with Crippen molar-refractivity contribution in [1.82, 2.24) is 15.0 Å². The third-order valence-electron chi connectivity index (χ3n) is 8.24. The second-order valence-corrected chi connectivity index (χ2v) is 15.6. The van der Waals surface area contributed by atoms with Gasteiger partial charge in [-0.1, -0.05) is 35.9 Å². The zero-order valence-electron chi connectivity index (χ0n) is 28.3. The number of para-hydroxylation sites is 1. The van der Waals surface area contributed by atoms with Crippen LogP contribution in [0.4, 0.5) is 4.79 Å². The van der Waals surface area contributed by atoms with Crippen molar-refractivity contribution < 1.29 is 37.0 Å². The molecule has 0 bridgehead atoms. The summed E-state index contributed by atoms with van der Waals surface area (Å²) in [6.45, 7) is 5.47. The molecule has 1 amide bonds. The normalized spacial score (nSPS) is 16.0. The Labute approximate surface area is 293 Å². The molecule has 1 aromatic heterocycles. The number of sulfonamides is 1. The van der Waals surface area contributed by atoms with E-state index in [0.29, 0.717) is 18.4 Å². The molecule has 0 unspecified atom stereocenters. The standard InChI is InChI=1S/C36H44ClN3O8S/c1-35(2,3)48-34(42)40-31(33(41)45-4)10-7-8-19-39-49(43,44)26-15-12-24(30(37)21-26)23-46-36(17-18-36)29-22-38-20-16-27(29)28-9-5-6-11-32(28)47-25-13-14-25/h5-6,9,11-12,15-16,20-22,25,31,39H,7-8,10,13-14,17-19,23H2,1-4H3,(H,40,42)/t31-/m0/s1. The first-order valence-corrected chi connectivity index (χ1v) is 18.4. The van der Waals surface area contributed by atoms with Crippen LogP contribution in [0.5, 0.6) is 5.75 Å². The quantitative estimate of drug-likeness (QED) is 0.123. The van der Waals surface area contributed by atoms with Crippen LogP contribution in [0.3, 0.4) is 0 Å². The maximum Gasteiger partial charge on any atom is 0.408 e. The van der Waals surface area contributed by atoms with Crippen LogP contribution in [0.15, 0.2) is 65.8 Å². The lowest BCUT2D eigenvalue weighted by atomic mass is 9.96. The molecule has 3 aromatic rings. The Kier molecular flexibility index (Phi) is 11.5. The maximum atomic E-state index is 13.0. The van der Waals surface area contributed by atoms with Gasteiger partial charge < -0.3 is 24.3 Å². The van der Waals surface area contributed by atoms with Gasteiger partial charge in [-0.15, -0.1) is 0 Å². The first-order valence-electron chi connectivity index (χ1n) is 16.5. The van der Waals surface area contributed by atoms with E-state index in [0.717, 1.165) is 48.1 Å². The van der Waals surface area contributed by atoms with Crippen LogP contribution < -0.4 is 14.8 Å². The maximum absolute atomic E-state index is 13.0. The number of rotatable bonds is 16. The fourth-order valence-corrected chi connectivity index (χ4v) is 6.79. The van der Waals surface area contributed by atoms with E-state index < -0.39 is 39.3 Å². The second kappa shape index (κ2) is 15.5. The number of aromatic nitrogens is 1. The smallest absolute Gasteiger partial charge is 0.408 e. The number of amides is 1. The first kappa shape index (κ1) is 36.6. The number of nitrogens with zero attached hydrogens (tertiary/aromatic N) is 1. The number of unbranched alkanes of at least 4 members (excludes halogenated alkanes) is 1. The molecule has 0 radical (unpaired) electrons. The lowest BCUT2D eigenvalue weighted by Gasteiger charge is -2.22. The summed E-state index contributed by atoms with van der Waals surface area (Å²) in [6.07, 6.45) is 8.04. The minimum atomic E-state index is -3.86. The molecule has 13 heteroatoms. The molecular weight excluding hydrogens is 670 g/mol. The molecule has 1 atom stereocenters. The molecular formula is C36H44ClN3O8S. The molecule has 49 heavy (non-hydrogen) atoms. The van der Waals surface area contributed by atoms with Gasteiger partial charge in [-0.25, -0.2) is 22.7 Å². The number of methoxy groups -OCH3 is 1. The van der Waals surface area contributed by atoms with E-state index in [-0.39, 0.29) is 35.6 Å². The molecule has 5 rings (SSSR count). The number of alkyl carbamates (subject to hydrolysis) is 1. The van der Waals surface area contributed by atoms with Gasteiger partial charge in [0.05, 0.1) is 30.3 Å². The monoisotopic (exact) mass is 713 g/mol. The number of esters is 1. The van der Waals surface area contributed by atoms with Crippen molar-refractivity contribution in [3.8, 4) is 16.9 Å². The van der Waals surface area contributed by atoms with Gasteiger partial charge in [0, 0.05) is 35.1 Å². The number of nitrogens with one attached hydrogen (secondary N) is 2. The molecule has 2 saturated carbocycles. The van der Waals surface area contributed by atoms with E-state index in [1.54, 1.807) is 33.0 Å². The number of carbonyl (C=O) groups excluding carboxylic acids is 2. The highest BCUT2D eigenvalue weighted by atomic mass is 35.5. The van der Waals surface area contributed by atoms with E-state index in [1.807, 2.05) is 30.5 Å². The number of hydrogen-bond acceptors (Lipinski definition) is 9. The molecule has 1 heterocycles. The third-order valence-corrected chi connectivity index (χ3v) is 10.0. The Balaban J connectivity index is 1.16. The molecule has 2 N–H and O–H groups in total. The Morgan fingerprint density at radius 3 is 2.49 bits per heavy atom. The average molecular weight is 714 g/mol. The van der Waals surface area contributed by atoms with Crippen molar-refractivity contribution >= 4 is 33.7 Å². The predicted molar refractivity (Wildman–Crippen MR) is 185 cm³/mol. The zero-order valence-corrected chi connectivity index (χ0v) is 29.9. The highest BCUT2D eigenvalue weighted by molar-refractivity contribution is 7.89.